The van der Waals surface area contributed by atoms with Gasteiger partial charge < -0.3 is 9.64 Å². The van der Waals surface area contributed by atoms with Crippen LogP contribution in [0.25, 0.3) is 0 Å². The van der Waals surface area contributed by atoms with Gasteiger partial charge in [-0.2, -0.15) is 13.2 Å². The average molecular weight is 356 g/mol. The van der Waals surface area contributed by atoms with Crippen molar-refractivity contribution in [1.29, 1.82) is 0 Å². The predicted octanol–water partition coefficient (Wildman–Crippen LogP) is 3.64. The number of alkyl halides is 3. The van der Waals surface area contributed by atoms with Crippen LogP contribution in [0.1, 0.15) is 30.4 Å². The lowest BCUT2D eigenvalue weighted by atomic mass is 9.79. The lowest BCUT2D eigenvalue weighted by Gasteiger charge is -2.40. The molecular formula is C19H27F3N2O. The van der Waals surface area contributed by atoms with Gasteiger partial charge >= 0.3 is 6.18 Å². The molecule has 1 atom stereocenters. The quantitative estimate of drug-likeness (QED) is 0.801. The Labute approximate surface area is 147 Å². The third kappa shape index (κ3) is 4.54. The van der Waals surface area contributed by atoms with Gasteiger partial charge in [-0.3, -0.25) is 4.90 Å². The molecule has 6 heteroatoms. The number of ether oxygens (including phenoxy) is 1. The van der Waals surface area contributed by atoms with Crippen molar-refractivity contribution in [3.05, 3.63) is 35.4 Å². The summed E-state index contributed by atoms with van der Waals surface area (Å²) < 4.78 is 44.8. The Hall–Kier alpha value is -1.11. The first-order chi connectivity index (χ1) is 11.9. The van der Waals surface area contributed by atoms with Crippen LogP contribution in [0.15, 0.2) is 24.3 Å². The second-order valence-corrected chi connectivity index (χ2v) is 7.49. The summed E-state index contributed by atoms with van der Waals surface area (Å²) in [7, 11) is 1.72. The number of nitrogens with zero attached hydrogens (tertiary/aromatic N) is 2. The second-order valence-electron chi connectivity index (χ2n) is 7.49. The van der Waals surface area contributed by atoms with Crippen molar-refractivity contribution < 1.29 is 17.9 Å². The number of benzene rings is 1. The van der Waals surface area contributed by atoms with E-state index < -0.39 is 11.7 Å². The Balaban J connectivity index is 1.64. The molecule has 0 bridgehead atoms. The molecule has 3 rings (SSSR count). The fourth-order valence-corrected chi connectivity index (χ4v) is 4.39. The van der Waals surface area contributed by atoms with E-state index in [-0.39, 0.29) is 5.41 Å². The molecule has 2 saturated heterocycles. The van der Waals surface area contributed by atoms with E-state index >= 15 is 0 Å². The Morgan fingerprint density at radius 2 is 1.84 bits per heavy atom. The molecule has 0 aromatic heterocycles. The summed E-state index contributed by atoms with van der Waals surface area (Å²) in [6, 6.07) is 5.96. The molecular weight excluding hydrogens is 329 g/mol. The van der Waals surface area contributed by atoms with Crippen LogP contribution < -0.4 is 0 Å². The molecule has 0 N–H and O–H groups in total. The highest BCUT2D eigenvalue weighted by atomic mass is 19.4. The first kappa shape index (κ1) is 18.7. The standard InChI is InChI=1S/C19H27F3N2O/c1-25-12-11-23-9-4-7-18(14-23)8-10-24(15-18)13-16-5-2-3-6-17(16)19(20,21)22/h2-3,5-6H,4,7-15H2,1H3/t18-/m0/s1. The molecule has 1 spiro atoms. The van der Waals surface area contributed by atoms with Gasteiger partial charge in [0.05, 0.1) is 12.2 Å². The normalized spacial score (nSPS) is 25.8. The van der Waals surface area contributed by atoms with E-state index in [1.807, 2.05) is 0 Å². The van der Waals surface area contributed by atoms with Crippen molar-refractivity contribution in [2.24, 2.45) is 5.41 Å². The van der Waals surface area contributed by atoms with E-state index in [2.05, 4.69) is 9.80 Å². The van der Waals surface area contributed by atoms with Crippen molar-refractivity contribution in [2.75, 3.05) is 46.4 Å². The monoisotopic (exact) mass is 356 g/mol. The maximum absolute atomic E-state index is 13.2. The number of hydrogen-bond donors (Lipinski definition) is 0. The van der Waals surface area contributed by atoms with Crippen LogP contribution in [-0.2, 0) is 17.5 Å². The van der Waals surface area contributed by atoms with Gasteiger partial charge in [0.1, 0.15) is 0 Å². The number of hydrogen-bond acceptors (Lipinski definition) is 3. The van der Waals surface area contributed by atoms with Gasteiger partial charge in [-0.05, 0) is 49.4 Å². The fraction of sp³-hybridized carbons (Fsp3) is 0.684. The van der Waals surface area contributed by atoms with Crippen LogP contribution in [0.2, 0.25) is 0 Å². The lowest BCUT2D eigenvalue weighted by Crippen LogP contribution is -2.45. The molecule has 2 heterocycles. The summed E-state index contributed by atoms with van der Waals surface area (Å²) >= 11 is 0. The van der Waals surface area contributed by atoms with E-state index in [1.165, 1.54) is 18.6 Å². The maximum Gasteiger partial charge on any atom is 0.416 e. The van der Waals surface area contributed by atoms with Crippen molar-refractivity contribution in [3.8, 4) is 0 Å². The summed E-state index contributed by atoms with van der Waals surface area (Å²) in [5.74, 6) is 0. The van der Waals surface area contributed by atoms with Crippen molar-refractivity contribution >= 4 is 0 Å². The molecule has 2 aliphatic heterocycles. The van der Waals surface area contributed by atoms with Crippen LogP contribution in [0.4, 0.5) is 13.2 Å². The number of piperidine rings is 1. The summed E-state index contributed by atoms with van der Waals surface area (Å²) in [6.07, 6.45) is -0.870. The average Bonchev–Trinajstić information content (AvgIpc) is 2.94. The van der Waals surface area contributed by atoms with Gasteiger partial charge in [0, 0.05) is 33.3 Å². The predicted molar refractivity (Wildman–Crippen MR) is 91.3 cm³/mol. The van der Waals surface area contributed by atoms with Gasteiger partial charge in [0.15, 0.2) is 0 Å². The minimum absolute atomic E-state index is 0.235. The molecule has 1 aromatic rings. The van der Waals surface area contributed by atoms with Crippen LogP contribution in [0.3, 0.4) is 0 Å². The molecule has 0 radical (unpaired) electrons. The van der Waals surface area contributed by atoms with Crippen molar-refractivity contribution in [1.82, 2.24) is 9.80 Å². The third-order valence-electron chi connectivity index (χ3n) is 5.59. The molecule has 25 heavy (non-hydrogen) atoms. The Morgan fingerprint density at radius 3 is 2.60 bits per heavy atom. The largest absolute Gasteiger partial charge is 0.416 e. The molecule has 1 aromatic carbocycles. The van der Waals surface area contributed by atoms with Gasteiger partial charge in [-0.15, -0.1) is 0 Å². The van der Waals surface area contributed by atoms with E-state index in [9.17, 15) is 13.2 Å². The highest BCUT2D eigenvalue weighted by Gasteiger charge is 2.41. The zero-order valence-electron chi connectivity index (χ0n) is 14.8. The summed E-state index contributed by atoms with van der Waals surface area (Å²) in [5, 5.41) is 0. The van der Waals surface area contributed by atoms with Gasteiger partial charge in [-0.25, -0.2) is 0 Å². The van der Waals surface area contributed by atoms with Crippen LogP contribution >= 0.6 is 0 Å². The fourth-order valence-electron chi connectivity index (χ4n) is 4.39. The molecule has 2 fully saturated rings. The van der Waals surface area contributed by atoms with Crippen LogP contribution in [0.5, 0.6) is 0 Å². The number of methoxy groups -OCH3 is 1. The summed E-state index contributed by atoms with van der Waals surface area (Å²) in [5.41, 5.74) is 0.125. The topological polar surface area (TPSA) is 15.7 Å². The smallest absolute Gasteiger partial charge is 0.383 e. The van der Waals surface area contributed by atoms with E-state index in [0.717, 1.165) is 52.2 Å². The number of halogens is 3. The molecule has 0 amide bonds. The van der Waals surface area contributed by atoms with Gasteiger partial charge in [0.25, 0.3) is 0 Å². The van der Waals surface area contributed by atoms with Crippen molar-refractivity contribution in [3.63, 3.8) is 0 Å². The third-order valence-corrected chi connectivity index (χ3v) is 5.59. The molecule has 3 nitrogen and oxygen atoms in total. The highest BCUT2D eigenvalue weighted by molar-refractivity contribution is 5.29. The second kappa shape index (κ2) is 7.64. The van der Waals surface area contributed by atoms with Crippen LogP contribution in [0, 0.1) is 5.41 Å². The SMILES string of the molecule is COCCN1CCC[C@]2(CCN(Cc3ccccc3C(F)(F)F)C2)C1. The van der Waals surface area contributed by atoms with Gasteiger partial charge in [-0.1, -0.05) is 18.2 Å². The molecule has 0 unspecified atom stereocenters. The molecule has 0 aliphatic carbocycles. The Morgan fingerprint density at radius 1 is 1.08 bits per heavy atom. The van der Waals surface area contributed by atoms with Crippen LogP contribution in [-0.4, -0.2) is 56.2 Å². The molecule has 140 valence electrons. The summed E-state index contributed by atoms with van der Waals surface area (Å²) in [6.45, 7) is 5.96. The minimum Gasteiger partial charge on any atom is -0.383 e. The van der Waals surface area contributed by atoms with E-state index in [0.29, 0.717) is 12.1 Å². The molecule has 2 aliphatic rings. The first-order valence-corrected chi connectivity index (χ1v) is 9.01. The molecule has 0 saturated carbocycles. The number of rotatable bonds is 5. The van der Waals surface area contributed by atoms with E-state index in [1.54, 1.807) is 19.2 Å². The Kier molecular flexibility index (Phi) is 5.71. The Bertz CT molecular complexity index is 578. The minimum atomic E-state index is -4.28. The van der Waals surface area contributed by atoms with Crippen molar-refractivity contribution in [2.45, 2.75) is 32.0 Å². The van der Waals surface area contributed by atoms with E-state index in [4.69, 9.17) is 4.74 Å². The highest BCUT2D eigenvalue weighted by Crippen LogP contribution is 2.40. The summed E-state index contributed by atoms with van der Waals surface area (Å²) in [4.78, 5) is 4.64. The zero-order valence-corrected chi connectivity index (χ0v) is 14.8. The zero-order chi connectivity index (χ0) is 17.9. The maximum atomic E-state index is 13.2. The lowest BCUT2D eigenvalue weighted by molar-refractivity contribution is -0.138. The number of likely N-dealkylation sites (tertiary alicyclic amines) is 2. The first-order valence-electron chi connectivity index (χ1n) is 9.01. The van der Waals surface area contributed by atoms with Gasteiger partial charge in [0.2, 0.25) is 0 Å².